The molecule has 0 N–H and O–H groups in total. The van der Waals surface area contributed by atoms with Gasteiger partial charge in [-0.2, -0.15) is 0 Å². The summed E-state index contributed by atoms with van der Waals surface area (Å²) in [6.45, 7) is 4.31. The second-order valence-electron chi connectivity index (χ2n) is 6.51. The van der Waals surface area contributed by atoms with Crippen LogP contribution in [0.3, 0.4) is 0 Å². The molecule has 0 aromatic heterocycles. The monoisotopic (exact) mass is 278 g/mol. The molecule has 1 heteroatoms. The topological polar surface area (TPSA) is 17.1 Å². The van der Waals surface area contributed by atoms with E-state index in [1.54, 1.807) is 0 Å². The lowest BCUT2D eigenvalue weighted by molar-refractivity contribution is -0.124. The fourth-order valence-corrected chi connectivity index (χ4v) is 3.55. The molecule has 20 heavy (non-hydrogen) atoms. The van der Waals surface area contributed by atoms with Crippen molar-refractivity contribution in [3.05, 3.63) is 12.2 Å². The molecule has 1 aliphatic carbocycles. The molecule has 1 atom stereocenters. The van der Waals surface area contributed by atoms with Crippen molar-refractivity contribution >= 4 is 5.78 Å². The van der Waals surface area contributed by atoms with Crippen LogP contribution in [0, 0.1) is 5.41 Å². The maximum atomic E-state index is 12.1. The number of rotatable bonds is 11. The minimum absolute atomic E-state index is 0.0735. The Morgan fingerprint density at radius 3 is 2.10 bits per heavy atom. The fraction of sp³-hybridized carbons (Fsp3) is 0.842. The second-order valence-corrected chi connectivity index (χ2v) is 6.51. The van der Waals surface area contributed by atoms with Gasteiger partial charge in [-0.05, 0) is 26.2 Å². The zero-order valence-electron chi connectivity index (χ0n) is 13.8. The summed E-state index contributed by atoms with van der Waals surface area (Å²) in [5.74, 6) is 0.496. The van der Waals surface area contributed by atoms with Crippen molar-refractivity contribution in [2.75, 3.05) is 0 Å². The van der Waals surface area contributed by atoms with Gasteiger partial charge in [-0.1, -0.05) is 76.9 Å². The molecule has 0 bridgehead atoms. The zero-order chi connectivity index (χ0) is 14.7. The van der Waals surface area contributed by atoms with Crippen LogP contribution in [-0.4, -0.2) is 5.78 Å². The fourth-order valence-electron chi connectivity index (χ4n) is 3.55. The van der Waals surface area contributed by atoms with Gasteiger partial charge in [0.1, 0.15) is 5.78 Å². The number of hydrogen-bond acceptors (Lipinski definition) is 1. The Morgan fingerprint density at radius 2 is 1.60 bits per heavy atom. The summed E-state index contributed by atoms with van der Waals surface area (Å²) in [5.41, 5.74) is -0.0735. The zero-order valence-corrected chi connectivity index (χ0v) is 13.8. The molecular weight excluding hydrogens is 244 g/mol. The summed E-state index contributed by atoms with van der Waals surface area (Å²) in [6.07, 6.45) is 20.6. The average molecular weight is 278 g/mol. The highest BCUT2D eigenvalue weighted by Crippen LogP contribution is 2.40. The highest BCUT2D eigenvalue weighted by Gasteiger charge is 2.38. The standard InChI is InChI=1S/C19H34O/c1-3-5-6-7-8-9-10-11-12-16-19(15-4-2)17-13-14-18(19)20/h4,15H,3,5-14,16-17H2,1-2H3/b15-4+/t19-/m0/s1. The summed E-state index contributed by atoms with van der Waals surface area (Å²) in [6, 6.07) is 0. The van der Waals surface area contributed by atoms with Gasteiger partial charge in [0.15, 0.2) is 0 Å². The largest absolute Gasteiger partial charge is 0.299 e. The Bertz CT molecular complexity index is 292. The summed E-state index contributed by atoms with van der Waals surface area (Å²) < 4.78 is 0. The number of ketones is 1. The summed E-state index contributed by atoms with van der Waals surface area (Å²) >= 11 is 0. The molecule has 0 aromatic carbocycles. The van der Waals surface area contributed by atoms with E-state index >= 15 is 0 Å². The van der Waals surface area contributed by atoms with Crippen LogP contribution in [0.2, 0.25) is 0 Å². The molecule has 1 rings (SSSR count). The molecule has 0 spiro atoms. The number of unbranched alkanes of at least 4 members (excludes halogenated alkanes) is 8. The van der Waals surface area contributed by atoms with Gasteiger partial charge < -0.3 is 0 Å². The number of allylic oxidation sites excluding steroid dienone is 2. The van der Waals surface area contributed by atoms with Crippen LogP contribution >= 0.6 is 0 Å². The smallest absolute Gasteiger partial charge is 0.142 e. The van der Waals surface area contributed by atoms with Crippen molar-refractivity contribution in [3.8, 4) is 0 Å². The second kappa shape index (κ2) is 10.2. The van der Waals surface area contributed by atoms with Crippen LogP contribution in [0.5, 0.6) is 0 Å². The number of Topliss-reactive ketones (excluding diaryl/α,β-unsaturated/α-hetero) is 1. The summed E-state index contributed by atoms with van der Waals surface area (Å²) in [5, 5.41) is 0. The van der Waals surface area contributed by atoms with Crippen molar-refractivity contribution < 1.29 is 4.79 Å². The van der Waals surface area contributed by atoms with Crippen LogP contribution in [0.1, 0.15) is 97.3 Å². The predicted octanol–water partition coefficient (Wildman–Crippen LogP) is 6.22. The summed E-state index contributed by atoms with van der Waals surface area (Å²) in [7, 11) is 0. The van der Waals surface area contributed by atoms with Gasteiger partial charge in [-0.15, -0.1) is 0 Å². The molecule has 0 saturated heterocycles. The first-order valence-electron chi connectivity index (χ1n) is 8.92. The molecule has 116 valence electrons. The quantitative estimate of drug-likeness (QED) is 0.324. The average Bonchev–Trinajstić information content (AvgIpc) is 2.79. The van der Waals surface area contributed by atoms with E-state index < -0.39 is 0 Å². The van der Waals surface area contributed by atoms with Gasteiger partial charge >= 0.3 is 0 Å². The van der Waals surface area contributed by atoms with Crippen molar-refractivity contribution in [2.45, 2.75) is 97.3 Å². The molecule has 0 aliphatic heterocycles. The highest BCUT2D eigenvalue weighted by molar-refractivity contribution is 5.88. The molecule has 0 aromatic rings. The van der Waals surface area contributed by atoms with Gasteiger partial charge in [0.25, 0.3) is 0 Å². The van der Waals surface area contributed by atoms with Crippen LogP contribution in [-0.2, 0) is 4.79 Å². The van der Waals surface area contributed by atoms with Crippen molar-refractivity contribution in [1.29, 1.82) is 0 Å². The molecule has 1 fully saturated rings. The molecule has 1 nitrogen and oxygen atoms in total. The molecule has 0 unspecified atom stereocenters. The lowest BCUT2D eigenvalue weighted by Gasteiger charge is -2.23. The van der Waals surface area contributed by atoms with E-state index in [1.165, 1.54) is 57.8 Å². The Kier molecular flexibility index (Phi) is 8.89. The third-order valence-electron chi connectivity index (χ3n) is 4.79. The van der Waals surface area contributed by atoms with Gasteiger partial charge in [0.05, 0.1) is 0 Å². The van der Waals surface area contributed by atoms with Crippen molar-refractivity contribution in [1.82, 2.24) is 0 Å². The molecule has 1 aliphatic rings. The van der Waals surface area contributed by atoms with Crippen molar-refractivity contribution in [3.63, 3.8) is 0 Å². The highest BCUT2D eigenvalue weighted by atomic mass is 16.1. The first-order chi connectivity index (χ1) is 9.75. The van der Waals surface area contributed by atoms with Gasteiger partial charge in [0.2, 0.25) is 0 Å². The van der Waals surface area contributed by atoms with Crippen molar-refractivity contribution in [2.24, 2.45) is 5.41 Å². The van der Waals surface area contributed by atoms with Crippen LogP contribution in [0.4, 0.5) is 0 Å². The van der Waals surface area contributed by atoms with E-state index in [0.717, 1.165) is 25.7 Å². The number of hydrogen-bond donors (Lipinski definition) is 0. The van der Waals surface area contributed by atoms with Crippen LogP contribution in [0.25, 0.3) is 0 Å². The third-order valence-corrected chi connectivity index (χ3v) is 4.79. The first kappa shape index (κ1) is 17.5. The van der Waals surface area contributed by atoms with E-state index in [1.807, 2.05) is 6.92 Å². The van der Waals surface area contributed by atoms with E-state index in [0.29, 0.717) is 5.78 Å². The molecular formula is C19H34O. The Balaban J connectivity index is 2.09. The first-order valence-corrected chi connectivity index (χ1v) is 8.92. The van der Waals surface area contributed by atoms with Gasteiger partial charge in [-0.3, -0.25) is 4.79 Å². The minimum atomic E-state index is -0.0735. The third kappa shape index (κ3) is 5.81. The van der Waals surface area contributed by atoms with Crippen LogP contribution in [0.15, 0.2) is 12.2 Å². The van der Waals surface area contributed by atoms with E-state index in [9.17, 15) is 4.79 Å². The molecule has 0 heterocycles. The molecule has 0 amide bonds. The lowest BCUT2D eigenvalue weighted by atomic mass is 9.79. The Labute approximate surface area is 126 Å². The van der Waals surface area contributed by atoms with Gasteiger partial charge in [0, 0.05) is 11.8 Å². The number of carbonyl (C=O) groups excluding carboxylic acids is 1. The van der Waals surface area contributed by atoms with Crippen LogP contribution < -0.4 is 0 Å². The molecule has 0 radical (unpaired) electrons. The van der Waals surface area contributed by atoms with E-state index in [-0.39, 0.29) is 5.41 Å². The number of carbonyl (C=O) groups is 1. The Morgan fingerprint density at radius 1 is 1.00 bits per heavy atom. The van der Waals surface area contributed by atoms with E-state index in [4.69, 9.17) is 0 Å². The summed E-state index contributed by atoms with van der Waals surface area (Å²) in [4.78, 5) is 12.1. The predicted molar refractivity (Wildman–Crippen MR) is 87.9 cm³/mol. The molecule has 1 saturated carbocycles. The maximum absolute atomic E-state index is 12.1. The van der Waals surface area contributed by atoms with E-state index in [2.05, 4.69) is 19.1 Å². The Hall–Kier alpha value is -0.590. The maximum Gasteiger partial charge on any atom is 0.142 e. The van der Waals surface area contributed by atoms with Gasteiger partial charge in [-0.25, -0.2) is 0 Å². The SMILES string of the molecule is C/C=C/[C@]1(CCCCCCCCCCC)CCCC1=O. The normalized spacial score (nSPS) is 23.0. The minimum Gasteiger partial charge on any atom is -0.299 e. The lowest BCUT2D eigenvalue weighted by Crippen LogP contribution is -2.22.